The smallest absolute Gasteiger partial charge is 0.252 e. The number of carbonyl (C=O) groups is 2. The summed E-state index contributed by atoms with van der Waals surface area (Å²) in [6.07, 6.45) is -0.0767. The number of ketones is 1. The largest absolute Gasteiger partial charge is 0.496 e. The first-order valence-corrected chi connectivity index (χ1v) is 7.51. The molecular formula is C16H16ClN3O4. The van der Waals surface area contributed by atoms with E-state index in [0.29, 0.717) is 22.2 Å². The van der Waals surface area contributed by atoms with Gasteiger partial charge in [0, 0.05) is 23.9 Å². The summed E-state index contributed by atoms with van der Waals surface area (Å²) in [5.74, 6) is 0.254. The van der Waals surface area contributed by atoms with Gasteiger partial charge in [-0.2, -0.15) is 0 Å². The number of rotatable bonds is 6. The zero-order valence-electron chi connectivity index (χ0n) is 13.2. The van der Waals surface area contributed by atoms with E-state index in [-0.39, 0.29) is 30.0 Å². The molecule has 0 saturated carbocycles. The topological polar surface area (TPSA) is 101 Å². The van der Waals surface area contributed by atoms with Gasteiger partial charge >= 0.3 is 0 Å². The van der Waals surface area contributed by atoms with Gasteiger partial charge in [-0.15, -0.1) is 0 Å². The molecule has 1 heterocycles. The van der Waals surface area contributed by atoms with Crippen molar-refractivity contribution in [2.75, 3.05) is 12.4 Å². The molecule has 0 bridgehead atoms. The molecule has 0 aliphatic carbocycles. The summed E-state index contributed by atoms with van der Waals surface area (Å²) in [6.45, 7) is 1.60. The average molecular weight is 350 g/mol. The van der Waals surface area contributed by atoms with E-state index in [9.17, 15) is 14.4 Å². The number of aryl methyl sites for hydroxylation is 1. The van der Waals surface area contributed by atoms with Crippen molar-refractivity contribution in [3.63, 3.8) is 0 Å². The van der Waals surface area contributed by atoms with Crippen molar-refractivity contribution in [2.24, 2.45) is 0 Å². The number of nitrogens with zero attached hydrogens (tertiary/aromatic N) is 1. The van der Waals surface area contributed by atoms with Gasteiger partial charge < -0.3 is 15.0 Å². The lowest BCUT2D eigenvalue weighted by molar-refractivity contribution is -0.116. The minimum atomic E-state index is -0.415. The predicted octanol–water partition coefficient (Wildman–Crippen LogP) is 2.34. The van der Waals surface area contributed by atoms with Crippen LogP contribution < -0.4 is 15.6 Å². The molecule has 2 aromatic rings. The van der Waals surface area contributed by atoms with E-state index in [1.807, 2.05) is 0 Å². The molecule has 2 N–H and O–H groups in total. The van der Waals surface area contributed by atoms with E-state index in [1.54, 1.807) is 19.1 Å². The number of Topliss-reactive ketones (excluding diaryl/α,β-unsaturated/α-hetero) is 1. The van der Waals surface area contributed by atoms with Crippen LogP contribution in [0.1, 0.15) is 29.0 Å². The van der Waals surface area contributed by atoms with Crippen LogP contribution in [0.2, 0.25) is 5.02 Å². The van der Waals surface area contributed by atoms with Crippen LogP contribution in [-0.2, 0) is 4.79 Å². The molecule has 24 heavy (non-hydrogen) atoms. The molecule has 0 aliphatic heterocycles. The number of methoxy groups -OCH3 is 1. The zero-order valence-corrected chi connectivity index (χ0v) is 13.9. The van der Waals surface area contributed by atoms with Crippen LogP contribution in [0.5, 0.6) is 5.75 Å². The first-order valence-electron chi connectivity index (χ1n) is 7.13. The standard InChI is InChI=1S/C16H16ClN3O4/c1-9-18-14(8-16(23)19-9)20-15(22)6-4-12(21)11-7-10(17)3-5-13(11)24-2/h3,5,7-8H,4,6H2,1-2H3,(H2,18,19,20,22,23). The lowest BCUT2D eigenvalue weighted by Gasteiger charge is -2.08. The number of hydrogen-bond donors (Lipinski definition) is 2. The number of aromatic nitrogens is 2. The SMILES string of the molecule is COc1ccc(Cl)cc1C(=O)CCC(=O)Nc1cc(=O)[nH]c(C)n1. The summed E-state index contributed by atoms with van der Waals surface area (Å²) in [7, 11) is 1.45. The molecule has 0 radical (unpaired) electrons. The molecule has 0 spiro atoms. The molecule has 0 saturated heterocycles. The van der Waals surface area contributed by atoms with E-state index >= 15 is 0 Å². The third kappa shape index (κ3) is 4.66. The molecule has 0 unspecified atom stereocenters. The fraction of sp³-hybridized carbons (Fsp3) is 0.250. The van der Waals surface area contributed by atoms with Crippen LogP contribution >= 0.6 is 11.6 Å². The summed E-state index contributed by atoms with van der Waals surface area (Å²) in [5, 5.41) is 2.90. The summed E-state index contributed by atoms with van der Waals surface area (Å²) >= 11 is 5.89. The van der Waals surface area contributed by atoms with Gasteiger partial charge in [0.25, 0.3) is 5.56 Å². The van der Waals surface area contributed by atoms with Crippen molar-refractivity contribution in [1.82, 2.24) is 9.97 Å². The van der Waals surface area contributed by atoms with Crippen LogP contribution in [0.4, 0.5) is 5.82 Å². The Morgan fingerprint density at radius 3 is 2.71 bits per heavy atom. The van der Waals surface area contributed by atoms with Crippen LogP contribution in [0.15, 0.2) is 29.1 Å². The summed E-state index contributed by atoms with van der Waals surface area (Å²) in [5.41, 5.74) is -0.0412. The number of ether oxygens (including phenoxy) is 1. The number of aromatic amines is 1. The van der Waals surface area contributed by atoms with Crippen molar-refractivity contribution in [3.05, 3.63) is 51.0 Å². The fourth-order valence-electron chi connectivity index (χ4n) is 2.11. The average Bonchev–Trinajstić information content (AvgIpc) is 2.51. The Morgan fingerprint density at radius 1 is 1.29 bits per heavy atom. The molecule has 1 amide bonds. The van der Waals surface area contributed by atoms with Crippen molar-refractivity contribution in [3.8, 4) is 5.75 Å². The lowest BCUT2D eigenvalue weighted by Crippen LogP contribution is -2.18. The molecule has 0 atom stereocenters. The highest BCUT2D eigenvalue weighted by Crippen LogP contribution is 2.24. The third-order valence-electron chi connectivity index (χ3n) is 3.17. The van der Waals surface area contributed by atoms with Gasteiger partial charge in [-0.25, -0.2) is 4.98 Å². The second kappa shape index (κ2) is 7.74. The fourth-order valence-corrected chi connectivity index (χ4v) is 2.28. The maximum absolute atomic E-state index is 12.3. The number of benzene rings is 1. The van der Waals surface area contributed by atoms with E-state index in [0.717, 1.165) is 0 Å². The Balaban J connectivity index is 2.00. The quantitative estimate of drug-likeness (QED) is 0.779. The van der Waals surface area contributed by atoms with Gasteiger partial charge in [0.15, 0.2) is 5.78 Å². The highest BCUT2D eigenvalue weighted by Gasteiger charge is 2.15. The second-order valence-corrected chi connectivity index (χ2v) is 5.47. The summed E-state index contributed by atoms with van der Waals surface area (Å²) < 4.78 is 5.12. The van der Waals surface area contributed by atoms with Crippen molar-refractivity contribution >= 4 is 29.1 Å². The Bertz CT molecular complexity index is 832. The number of H-pyrrole nitrogens is 1. The number of hydrogen-bond acceptors (Lipinski definition) is 5. The molecular weight excluding hydrogens is 334 g/mol. The minimum Gasteiger partial charge on any atom is -0.496 e. The molecule has 7 nitrogen and oxygen atoms in total. The predicted molar refractivity (Wildman–Crippen MR) is 89.8 cm³/mol. The molecule has 126 valence electrons. The molecule has 2 rings (SSSR count). The maximum Gasteiger partial charge on any atom is 0.252 e. The van der Waals surface area contributed by atoms with E-state index in [2.05, 4.69) is 15.3 Å². The molecule has 1 aromatic carbocycles. The van der Waals surface area contributed by atoms with Crippen LogP contribution in [0.3, 0.4) is 0 Å². The normalized spacial score (nSPS) is 10.3. The second-order valence-electron chi connectivity index (χ2n) is 5.03. The monoisotopic (exact) mass is 349 g/mol. The number of anilines is 1. The van der Waals surface area contributed by atoms with E-state index in [1.165, 1.54) is 19.2 Å². The molecule has 0 aliphatic rings. The van der Waals surface area contributed by atoms with E-state index < -0.39 is 5.91 Å². The highest BCUT2D eigenvalue weighted by atomic mass is 35.5. The number of halogens is 1. The van der Waals surface area contributed by atoms with Gasteiger partial charge in [-0.3, -0.25) is 14.4 Å². The van der Waals surface area contributed by atoms with Crippen LogP contribution in [0.25, 0.3) is 0 Å². The first kappa shape index (κ1) is 17.7. The Morgan fingerprint density at radius 2 is 2.04 bits per heavy atom. The van der Waals surface area contributed by atoms with Crippen LogP contribution in [-0.4, -0.2) is 28.8 Å². The maximum atomic E-state index is 12.3. The number of carbonyl (C=O) groups excluding carboxylic acids is 2. The zero-order chi connectivity index (χ0) is 17.7. The summed E-state index contributed by atoms with van der Waals surface area (Å²) in [6, 6.07) is 5.89. The van der Waals surface area contributed by atoms with Crippen molar-refractivity contribution in [2.45, 2.75) is 19.8 Å². The van der Waals surface area contributed by atoms with Gasteiger partial charge in [0.2, 0.25) is 5.91 Å². The minimum absolute atomic E-state index is 0.0231. The van der Waals surface area contributed by atoms with Gasteiger partial charge in [-0.1, -0.05) is 11.6 Å². The van der Waals surface area contributed by atoms with E-state index in [4.69, 9.17) is 16.3 Å². The summed E-state index contributed by atoms with van der Waals surface area (Å²) in [4.78, 5) is 42.0. The lowest BCUT2D eigenvalue weighted by atomic mass is 10.1. The molecule has 8 heteroatoms. The molecule has 0 fully saturated rings. The Kier molecular flexibility index (Phi) is 5.70. The highest BCUT2D eigenvalue weighted by molar-refractivity contribution is 6.31. The van der Waals surface area contributed by atoms with Gasteiger partial charge in [0.1, 0.15) is 17.4 Å². The molecule has 1 aromatic heterocycles. The third-order valence-corrected chi connectivity index (χ3v) is 3.40. The van der Waals surface area contributed by atoms with Crippen molar-refractivity contribution in [1.29, 1.82) is 0 Å². The number of nitrogens with one attached hydrogen (secondary N) is 2. The first-order chi connectivity index (χ1) is 11.4. The van der Waals surface area contributed by atoms with Gasteiger partial charge in [-0.05, 0) is 25.1 Å². The Hall–Kier alpha value is -2.67. The number of amides is 1. The van der Waals surface area contributed by atoms with Gasteiger partial charge in [0.05, 0.1) is 12.7 Å². The van der Waals surface area contributed by atoms with Crippen molar-refractivity contribution < 1.29 is 14.3 Å². The van der Waals surface area contributed by atoms with Crippen LogP contribution in [0, 0.1) is 6.92 Å². The Labute approximate surface area is 143 Å².